The number of carbonyl (C=O) groups is 2. The summed E-state index contributed by atoms with van der Waals surface area (Å²) in [5, 5.41) is 3.85. The molecule has 1 fully saturated rings. The Morgan fingerprint density at radius 2 is 2.11 bits per heavy atom. The monoisotopic (exact) mass is 282 g/mol. The number of aromatic nitrogens is 1. The van der Waals surface area contributed by atoms with Crippen molar-refractivity contribution in [2.24, 2.45) is 5.92 Å². The summed E-state index contributed by atoms with van der Waals surface area (Å²) in [6, 6.07) is 0. The molecule has 1 heterocycles. The van der Waals surface area contributed by atoms with Gasteiger partial charge in [0, 0.05) is 13.5 Å². The van der Waals surface area contributed by atoms with Crippen LogP contribution < -0.4 is 5.32 Å². The normalized spacial score (nSPS) is 15.5. The number of ketones is 1. The number of hydrogen-bond donors (Lipinski definition) is 1. The van der Waals surface area contributed by atoms with Crippen LogP contribution >= 0.6 is 11.3 Å². The van der Waals surface area contributed by atoms with Crippen LogP contribution in [0.1, 0.15) is 52.8 Å². The average molecular weight is 282 g/mol. The minimum absolute atomic E-state index is 0.119. The second kappa shape index (κ2) is 6.14. The Balaban J connectivity index is 2.08. The number of Topliss-reactive ketones (excluding diaryl/α,β-unsaturated/α-hetero) is 1. The molecule has 0 unspecified atom stereocenters. The van der Waals surface area contributed by atoms with E-state index in [1.807, 2.05) is 0 Å². The highest BCUT2D eigenvalue weighted by molar-refractivity contribution is 7.17. The summed E-state index contributed by atoms with van der Waals surface area (Å²) in [5.41, 5.74) is 0.119. The van der Waals surface area contributed by atoms with E-state index in [1.165, 1.54) is 51.1 Å². The number of methoxy groups -OCH3 is 1. The Morgan fingerprint density at radius 3 is 2.68 bits per heavy atom. The molecule has 6 heteroatoms. The summed E-state index contributed by atoms with van der Waals surface area (Å²) in [6.45, 7) is 2.28. The minimum Gasteiger partial charge on any atom is -0.464 e. The Morgan fingerprint density at radius 1 is 1.42 bits per heavy atom. The third-order valence-corrected chi connectivity index (χ3v) is 4.46. The Labute approximate surface area is 116 Å². The van der Waals surface area contributed by atoms with Gasteiger partial charge >= 0.3 is 5.97 Å². The molecule has 0 aliphatic heterocycles. The molecule has 1 saturated carbocycles. The summed E-state index contributed by atoms with van der Waals surface area (Å²) in [4.78, 5) is 27.6. The van der Waals surface area contributed by atoms with Gasteiger partial charge in [-0.2, -0.15) is 0 Å². The summed E-state index contributed by atoms with van der Waals surface area (Å²) in [5.74, 6) is -0.0477. The van der Waals surface area contributed by atoms with E-state index < -0.39 is 5.97 Å². The second-order valence-electron chi connectivity index (χ2n) is 4.78. The van der Waals surface area contributed by atoms with Crippen LogP contribution in [0.4, 0.5) is 5.13 Å². The highest BCUT2D eigenvalue weighted by Gasteiger charge is 2.22. The molecule has 0 bridgehead atoms. The fourth-order valence-electron chi connectivity index (χ4n) is 2.32. The number of anilines is 1. The first kappa shape index (κ1) is 14.0. The van der Waals surface area contributed by atoms with Gasteiger partial charge < -0.3 is 10.1 Å². The molecule has 1 aliphatic rings. The van der Waals surface area contributed by atoms with E-state index in [9.17, 15) is 9.59 Å². The largest absolute Gasteiger partial charge is 0.464 e. The van der Waals surface area contributed by atoms with Crippen molar-refractivity contribution in [3.05, 3.63) is 10.6 Å². The molecule has 5 nitrogen and oxygen atoms in total. The first-order valence-electron chi connectivity index (χ1n) is 6.45. The maximum Gasteiger partial charge on any atom is 0.358 e. The van der Waals surface area contributed by atoms with Crippen LogP contribution in [0.3, 0.4) is 0 Å². The number of ether oxygens (including phenoxy) is 1. The molecule has 1 N–H and O–H groups in total. The van der Waals surface area contributed by atoms with Gasteiger partial charge in [0.25, 0.3) is 0 Å². The molecule has 0 aromatic carbocycles. The quantitative estimate of drug-likeness (QED) is 0.664. The van der Waals surface area contributed by atoms with Crippen LogP contribution in [0.25, 0.3) is 0 Å². The van der Waals surface area contributed by atoms with Crippen LogP contribution in [0.2, 0.25) is 0 Å². The molecule has 0 atom stereocenters. The lowest BCUT2D eigenvalue weighted by atomic mass is 10.1. The number of nitrogens with one attached hydrogen (secondary N) is 1. The van der Waals surface area contributed by atoms with Gasteiger partial charge in [-0.3, -0.25) is 4.79 Å². The molecular formula is C13H18N2O3S. The maximum atomic E-state index is 11.6. The van der Waals surface area contributed by atoms with Crippen molar-refractivity contribution in [1.82, 2.24) is 4.98 Å². The first-order chi connectivity index (χ1) is 9.11. The third kappa shape index (κ3) is 3.32. The predicted octanol–water partition coefficient (Wildman–Crippen LogP) is 2.73. The molecule has 1 aromatic heterocycles. The van der Waals surface area contributed by atoms with Gasteiger partial charge in [-0.25, -0.2) is 9.78 Å². The molecule has 0 spiro atoms. The third-order valence-electron chi connectivity index (χ3n) is 3.34. The van der Waals surface area contributed by atoms with Crippen LogP contribution in [-0.4, -0.2) is 30.4 Å². The molecule has 0 saturated heterocycles. The lowest BCUT2D eigenvalue weighted by molar-refractivity contribution is 0.0591. The average Bonchev–Trinajstić information content (AvgIpc) is 3.04. The van der Waals surface area contributed by atoms with Gasteiger partial charge in [-0.05, 0) is 18.8 Å². The number of esters is 1. The van der Waals surface area contributed by atoms with Gasteiger partial charge in [-0.15, -0.1) is 0 Å². The van der Waals surface area contributed by atoms with E-state index >= 15 is 0 Å². The lowest BCUT2D eigenvalue weighted by Crippen LogP contribution is -2.11. The maximum absolute atomic E-state index is 11.6. The Kier molecular flexibility index (Phi) is 4.52. The minimum atomic E-state index is -0.560. The summed E-state index contributed by atoms with van der Waals surface area (Å²) >= 11 is 1.22. The molecule has 0 amide bonds. The zero-order valence-corrected chi connectivity index (χ0v) is 12.0. The van der Waals surface area contributed by atoms with E-state index in [4.69, 9.17) is 0 Å². The van der Waals surface area contributed by atoms with E-state index in [0.717, 1.165) is 6.54 Å². The Hall–Kier alpha value is -1.43. The van der Waals surface area contributed by atoms with E-state index in [1.54, 1.807) is 0 Å². The van der Waals surface area contributed by atoms with Crippen molar-refractivity contribution in [2.75, 3.05) is 19.0 Å². The van der Waals surface area contributed by atoms with Gasteiger partial charge in [0.2, 0.25) is 0 Å². The van der Waals surface area contributed by atoms with Crippen LogP contribution in [-0.2, 0) is 4.74 Å². The number of rotatable bonds is 5. The fourth-order valence-corrected chi connectivity index (χ4v) is 3.17. The van der Waals surface area contributed by atoms with Gasteiger partial charge in [0.15, 0.2) is 16.6 Å². The molecule has 0 radical (unpaired) electrons. The standard InChI is InChI=1S/C13H18N2O3S/c1-8(16)11-10(12(17)18-2)15-13(19-11)14-7-9-5-3-4-6-9/h9H,3-7H2,1-2H3,(H,14,15). The molecule has 104 valence electrons. The number of carbonyl (C=O) groups excluding carboxylic acids is 2. The Bertz CT molecular complexity index is 478. The van der Waals surface area contributed by atoms with E-state index in [2.05, 4.69) is 15.0 Å². The zero-order chi connectivity index (χ0) is 13.8. The summed E-state index contributed by atoms with van der Waals surface area (Å²) in [6.07, 6.45) is 5.05. The molecular weight excluding hydrogens is 264 g/mol. The molecule has 2 rings (SSSR count). The zero-order valence-electron chi connectivity index (χ0n) is 11.2. The smallest absolute Gasteiger partial charge is 0.358 e. The van der Waals surface area contributed by atoms with Gasteiger partial charge in [0.05, 0.1) is 7.11 Å². The van der Waals surface area contributed by atoms with Crippen molar-refractivity contribution in [3.8, 4) is 0 Å². The van der Waals surface area contributed by atoms with Crippen molar-refractivity contribution in [3.63, 3.8) is 0 Å². The van der Waals surface area contributed by atoms with Crippen LogP contribution in [0, 0.1) is 5.92 Å². The number of thiazole rings is 1. The number of hydrogen-bond acceptors (Lipinski definition) is 6. The van der Waals surface area contributed by atoms with E-state index in [0.29, 0.717) is 15.9 Å². The lowest BCUT2D eigenvalue weighted by Gasteiger charge is -2.08. The highest BCUT2D eigenvalue weighted by atomic mass is 32.1. The van der Waals surface area contributed by atoms with Crippen LogP contribution in [0.15, 0.2) is 0 Å². The second-order valence-corrected chi connectivity index (χ2v) is 5.77. The highest BCUT2D eigenvalue weighted by Crippen LogP contribution is 2.28. The predicted molar refractivity (Wildman–Crippen MR) is 73.9 cm³/mol. The van der Waals surface area contributed by atoms with Crippen molar-refractivity contribution in [2.45, 2.75) is 32.6 Å². The molecule has 19 heavy (non-hydrogen) atoms. The van der Waals surface area contributed by atoms with Crippen molar-refractivity contribution < 1.29 is 14.3 Å². The van der Waals surface area contributed by atoms with Crippen molar-refractivity contribution in [1.29, 1.82) is 0 Å². The summed E-state index contributed by atoms with van der Waals surface area (Å²) in [7, 11) is 1.29. The van der Waals surface area contributed by atoms with Crippen LogP contribution in [0.5, 0.6) is 0 Å². The topological polar surface area (TPSA) is 68.3 Å². The molecule has 1 aliphatic carbocycles. The van der Waals surface area contributed by atoms with E-state index in [-0.39, 0.29) is 11.5 Å². The first-order valence-corrected chi connectivity index (χ1v) is 7.27. The van der Waals surface area contributed by atoms with Crippen molar-refractivity contribution >= 4 is 28.2 Å². The fraction of sp³-hybridized carbons (Fsp3) is 0.615. The number of nitrogens with zero attached hydrogens (tertiary/aromatic N) is 1. The van der Waals surface area contributed by atoms with Gasteiger partial charge in [0.1, 0.15) is 4.88 Å². The van der Waals surface area contributed by atoms with Gasteiger partial charge in [-0.1, -0.05) is 24.2 Å². The molecule has 1 aromatic rings. The SMILES string of the molecule is COC(=O)c1nc(NCC2CCCC2)sc1C(C)=O. The summed E-state index contributed by atoms with van der Waals surface area (Å²) < 4.78 is 4.64.